The largest absolute Gasteiger partial charge is 0.462 e. The Labute approximate surface area is 221 Å². The predicted molar refractivity (Wildman–Crippen MR) is 142 cm³/mol. The molecule has 0 aliphatic carbocycles. The Morgan fingerprint density at radius 2 is 1.69 bits per heavy atom. The lowest BCUT2D eigenvalue weighted by molar-refractivity contribution is -0.140. The Morgan fingerprint density at radius 1 is 1.06 bits per heavy atom. The molecular weight excluding hydrogens is 503 g/mol. The van der Waals surface area contributed by atoms with Gasteiger partial charge in [0.25, 0.3) is 0 Å². The summed E-state index contributed by atoms with van der Waals surface area (Å²) in [6.45, 7) is 8.41. The molecule has 0 unspecified atom stereocenters. The highest BCUT2D eigenvalue weighted by Crippen LogP contribution is 2.32. The van der Waals surface area contributed by atoms with Gasteiger partial charge in [-0.1, -0.05) is 56.1 Å². The summed E-state index contributed by atoms with van der Waals surface area (Å²) in [5.41, 5.74) is 2.66. The van der Waals surface area contributed by atoms with Crippen molar-refractivity contribution < 1.29 is 19.1 Å². The van der Waals surface area contributed by atoms with Gasteiger partial charge in [-0.15, -0.1) is 0 Å². The van der Waals surface area contributed by atoms with Crippen molar-refractivity contribution in [3.63, 3.8) is 0 Å². The number of halogens is 2. The Hall–Kier alpha value is -3.23. The normalized spacial score (nSPS) is 15.6. The van der Waals surface area contributed by atoms with Crippen LogP contribution in [0.2, 0.25) is 10.0 Å². The SMILES string of the molecule is CCCN1C(=O)N[C@@H](c2ccc(NC(=O)Nc3ccc(Cl)c(Cl)c3)cc2)C(C(=O)OCC(C)C)=C1C. The van der Waals surface area contributed by atoms with Crippen molar-refractivity contribution in [2.45, 2.75) is 40.2 Å². The highest BCUT2D eigenvalue weighted by molar-refractivity contribution is 6.42. The van der Waals surface area contributed by atoms with Gasteiger partial charge in [0.1, 0.15) is 0 Å². The standard InChI is InChI=1S/C26H30Cl2N4O4/c1-5-12-32-16(4)22(24(33)36-14-15(2)3)23(31-26(32)35)17-6-8-18(9-7-17)29-25(34)30-19-10-11-20(27)21(28)13-19/h6-11,13,15,23H,5,12,14H2,1-4H3,(H,31,35)(H2,29,30,34)/t23-/m0/s1. The molecule has 0 bridgehead atoms. The van der Waals surface area contributed by atoms with Crippen LogP contribution in [0.15, 0.2) is 53.7 Å². The van der Waals surface area contributed by atoms with E-state index in [1.807, 2.05) is 20.8 Å². The number of carbonyl (C=O) groups excluding carboxylic acids is 3. The minimum atomic E-state index is -0.677. The van der Waals surface area contributed by atoms with Crippen LogP contribution in [0.5, 0.6) is 0 Å². The van der Waals surface area contributed by atoms with Gasteiger partial charge in [-0.3, -0.25) is 4.90 Å². The molecule has 10 heteroatoms. The maximum absolute atomic E-state index is 13.0. The number of carbonyl (C=O) groups is 3. The van der Waals surface area contributed by atoms with Crippen molar-refractivity contribution >= 4 is 52.6 Å². The average molecular weight is 533 g/mol. The summed E-state index contributed by atoms with van der Waals surface area (Å²) in [4.78, 5) is 39.8. The van der Waals surface area contributed by atoms with E-state index in [4.69, 9.17) is 27.9 Å². The zero-order chi connectivity index (χ0) is 26.4. The van der Waals surface area contributed by atoms with E-state index in [0.29, 0.717) is 44.8 Å². The molecule has 1 heterocycles. The molecule has 8 nitrogen and oxygen atoms in total. The van der Waals surface area contributed by atoms with Crippen molar-refractivity contribution in [2.75, 3.05) is 23.8 Å². The third-order valence-electron chi connectivity index (χ3n) is 5.49. The van der Waals surface area contributed by atoms with E-state index in [-0.39, 0.29) is 18.6 Å². The van der Waals surface area contributed by atoms with Crippen LogP contribution in [0.1, 0.15) is 45.7 Å². The highest BCUT2D eigenvalue weighted by Gasteiger charge is 2.36. The van der Waals surface area contributed by atoms with E-state index in [0.717, 1.165) is 6.42 Å². The summed E-state index contributed by atoms with van der Waals surface area (Å²) in [6.07, 6.45) is 0.744. The van der Waals surface area contributed by atoms with E-state index in [1.165, 1.54) is 0 Å². The molecule has 0 aromatic heterocycles. The summed E-state index contributed by atoms with van der Waals surface area (Å²) < 4.78 is 5.52. The number of anilines is 2. The molecule has 0 radical (unpaired) electrons. The lowest BCUT2D eigenvalue weighted by Gasteiger charge is -2.35. The van der Waals surface area contributed by atoms with E-state index in [1.54, 1.807) is 54.3 Å². The van der Waals surface area contributed by atoms with Gasteiger partial charge in [0, 0.05) is 23.6 Å². The van der Waals surface area contributed by atoms with E-state index < -0.39 is 18.0 Å². The number of esters is 1. The van der Waals surface area contributed by atoms with Gasteiger partial charge in [-0.2, -0.15) is 0 Å². The summed E-state index contributed by atoms with van der Waals surface area (Å²) in [5, 5.41) is 9.07. The predicted octanol–water partition coefficient (Wildman–Crippen LogP) is 6.59. The van der Waals surface area contributed by atoms with Gasteiger partial charge in [0.15, 0.2) is 0 Å². The first-order valence-corrected chi connectivity index (χ1v) is 12.4. The van der Waals surface area contributed by atoms with Crippen LogP contribution in [0, 0.1) is 5.92 Å². The van der Waals surface area contributed by atoms with Crippen LogP contribution in [-0.2, 0) is 9.53 Å². The van der Waals surface area contributed by atoms with Crippen LogP contribution >= 0.6 is 23.2 Å². The number of benzene rings is 2. The number of nitrogens with one attached hydrogen (secondary N) is 3. The average Bonchev–Trinajstić information content (AvgIpc) is 2.82. The molecule has 0 saturated heterocycles. The van der Waals surface area contributed by atoms with Crippen LogP contribution in [0.4, 0.5) is 21.0 Å². The monoisotopic (exact) mass is 532 g/mol. The maximum Gasteiger partial charge on any atom is 0.338 e. The molecule has 0 saturated carbocycles. The van der Waals surface area contributed by atoms with Gasteiger partial charge in [0.2, 0.25) is 0 Å². The molecule has 3 rings (SSSR count). The molecule has 192 valence electrons. The van der Waals surface area contributed by atoms with Crippen LogP contribution < -0.4 is 16.0 Å². The maximum atomic E-state index is 13.0. The summed E-state index contributed by atoms with van der Waals surface area (Å²) >= 11 is 11.9. The summed E-state index contributed by atoms with van der Waals surface area (Å²) in [5.74, 6) is -0.283. The van der Waals surface area contributed by atoms with Gasteiger partial charge in [0.05, 0.1) is 28.3 Å². The number of nitrogens with zero attached hydrogens (tertiary/aromatic N) is 1. The molecular formula is C26H30Cl2N4O4. The first kappa shape index (κ1) is 27.4. The van der Waals surface area contributed by atoms with Gasteiger partial charge in [-0.05, 0) is 55.2 Å². The molecule has 1 aliphatic heterocycles. The van der Waals surface area contributed by atoms with Crippen molar-refractivity contribution in [2.24, 2.45) is 5.92 Å². The molecule has 3 N–H and O–H groups in total. The summed E-state index contributed by atoms with van der Waals surface area (Å²) in [6, 6.07) is 10.3. The second-order valence-electron chi connectivity index (χ2n) is 8.86. The number of ether oxygens (including phenoxy) is 1. The minimum Gasteiger partial charge on any atom is -0.462 e. The molecule has 2 aromatic rings. The fourth-order valence-corrected chi connectivity index (χ4v) is 4.03. The van der Waals surface area contributed by atoms with Crippen molar-refractivity contribution in [3.05, 3.63) is 69.3 Å². The molecule has 0 fully saturated rings. The van der Waals surface area contributed by atoms with Crippen LogP contribution in [0.3, 0.4) is 0 Å². The van der Waals surface area contributed by atoms with Crippen LogP contribution in [-0.4, -0.2) is 36.1 Å². The Morgan fingerprint density at radius 3 is 2.31 bits per heavy atom. The van der Waals surface area contributed by atoms with Crippen molar-refractivity contribution in [1.82, 2.24) is 10.2 Å². The Balaban J connectivity index is 1.79. The third kappa shape index (κ3) is 6.71. The molecule has 0 spiro atoms. The fourth-order valence-electron chi connectivity index (χ4n) is 3.73. The second-order valence-corrected chi connectivity index (χ2v) is 9.67. The minimum absolute atomic E-state index is 0.179. The van der Waals surface area contributed by atoms with Gasteiger partial charge in [-0.25, -0.2) is 14.4 Å². The second kappa shape index (κ2) is 12.1. The lowest BCUT2D eigenvalue weighted by atomic mass is 9.94. The lowest BCUT2D eigenvalue weighted by Crippen LogP contribution is -2.48. The van der Waals surface area contributed by atoms with E-state index >= 15 is 0 Å². The van der Waals surface area contributed by atoms with E-state index in [2.05, 4.69) is 16.0 Å². The van der Waals surface area contributed by atoms with Crippen molar-refractivity contribution in [1.29, 1.82) is 0 Å². The molecule has 1 aliphatic rings. The van der Waals surface area contributed by atoms with Gasteiger partial charge >= 0.3 is 18.0 Å². The number of urea groups is 2. The molecule has 4 amide bonds. The van der Waals surface area contributed by atoms with Crippen LogP contribution in [0.25, 0.3) is 0 Å². The fraction of sp³-hybridized carbons (Fsp3) is 0.346. The Kier molecular flexibility index (Phi) is 9.23. The van der Waals surface area contributed by atoms with Crippen molar-refractivity contribution in [3.8, 4) is 0 Å². The number of hydrogen-bond acceptors (Lipinski definition) is 4. The highest BCUT2D eigenvalue weighted by atomic mass is 35.5. The van der Waals surface area contributed by atoms with E-state index in [9.17, 15) is 14.4 Å². The third-order valence-corrected chi connectivity index (χ3v) is 6.23. The van der Waals surface area contributed by atoms with Gasteiger partial charge < -0.3 is 20.7 Å². The topological polar surface area (TPSA) is 99.8 Å². The summed E-state index contributed by atoms with van der Waals surface area (Å²) in [7, 11) is 0. The molecule has 1 atom stereocenters. The zero-order valence-corrected chi connectivity index (χ0v) is 22.2. The number of rotatable bonds is 8. The molecule has 2 aromatic carbocycles. The number of allylic oxidation sites excluding steroid dienone is 1. The zero-order valence-electron chi connectivity index (χ0n) is 20.7. The quantitative estimate of drug-likeness (QED) is 0.334. The first-order chi connectivity index (χ1) is 17.1. The number of hydrogen-bond donors (Lipinski definition) is 3. The Bertz CT molecular complexity index is 1170. The smallest absolute Gasteiger partial charge is 0.338 e. The first-order valence-electron chi connectivity index (χ1n) is 11.7. The molecule has 36 heavy (non-hydrogen) atoms. The number of amides is 4.